The van der Waals surface area contributed by atoms with Crippen LogP contribution in [0.5, 0.6) is 0 Å². The molecule has 47 heavy (non-hydrogen) atoms. The third-order valence-electron chi connectivity index (χ3n) is 8.34. The van der Waals surface area contributed by atoms with Crippen molar-refractivity contribution in [2.24, 2.45) is 0 Å². The van der Waals surface area contributed by atoms with Gasteiger partial charge in [-0.2, -0.15) is 0 Å². The number of anilines is 1. The van der Waals surface area contributed by atoms with Gasteiger partial charge in [-0.05, 0) is 45.4 Å². The summed E-state index contributed by atoms with van der Waals surface area (Å²) in [6, 6.07) is 46.1. The molecule has 0 fully saturated rings. The molecule has 1 aliphatic heterocycles. The fraction of sp³-hybridized carbons (Fsp3) is 0. The molecule has 0 atom stereocenters. The van der Waals surface area contributed by atoms with Crippen molar-refractivity contribution in [2.45, 2.75) is 0 Å². The molecule has 0 spiro atoms. The molecule has 7 rings (SSSR count). The number of benzene rings is 6. The first-order valence-corrected chi connectivity index (χ1v) is 15.0. The van der Waals surface area contributed by atoms with Crippen molar-refractivity contribution in [3.05, 3.63) is 203 Å². The van der Waals surface area contributed by atoms with Crippen molar-refractivity contribution in [3.8, 4) is 0 Å². The zero-order valence-electron chi connectivity index (χ0n) is 24.8. The predicted octanol–water partition coefficient (Wildman–Crippen LogP) is 9.82. The van der Waals surface area contributed by atoms with Crippen LogP contribution in [-0.2, 0) is 0 Å². The highest BCUT2D eigenvalue weighted by molar-refractivity contribution is 6.97. The molecule has 1 nitrogen and oxygen atoms in total. The van der Waals surface area contributed by atoms with Gasteiger partial charge in [0, 0.05) is 22.4 Å². The van der Waals surface area contributed by atoms with Crippen LogP contribution >= 0.6 is 0 Å². The summed E-state index contributed by atoms with van der Waals surface area (Å²) < 4.78 is 77.5. The summed E-state index contributed by atoms with van der Waals surface area (Å²) in [5.41, 5.74) is 4.54. The zero-order valence-corrected chi connectivity index (χ0v) is 24.8. The van der Waals surface area contributed by atoms with E-state index in [1.54, 1.807) is 65.5 Å². The van der Waals surface area contributed by atoms with Crippen LogP contribution in [0.25, 0.3) is 22.3 Å². The Kier molecular flexibility index (Phi) is 8.04. The molecule has 7 heteroatoms. The minimum atomic E-state index is -2.21. The number of allylic oxidation sites excluding steroid dienone is 2. The summed E-state index contributed by atoms with van der Waals surface area (Å²) in [5, 5.41) is 0. The largest absolute Gasteiger partial charge is 0.376 e. The van der Waals surface area contributed by atoms with Crippen molar-refractivity contribution in [2.75, 3.05) is 4.81 Å². The van der Waals surface area contributed by atoms with Crippen LogP contribution < -0.4 is 10.3 Å². The van der Waals surface area contributed by atoms with Gasteiger partial charge in [0.1, 0.15) is 0 Å². The summed E-state index contributed by atoms with van der Waals surface area (Å²) in [7, 11) is 0. The minimum absolute atomic E-state index is 0.377. The minimum Gasteiger partial charge on any atom is -0.376 e. The summed E-state index contributed by atoms with van der Waals surface area (Å²) in [4.78, 5) is 1.70. The van der Waals surface area contributed by atoms with Crippen LogP contribution in [0.15, 0.2) is 152 Å². The Bertz CT molecular complexity index is 2090. The Morgan fingerprint density at radius 1 is 0.362 bits per heavy atom. The van der Waals surface area contributed by atoms with E-state index >= 15 is 17.6 Å². The van der Waals surface area contributed by atoms with Gasteiger partial charge in [-0.3, -0.25) is 0 Å². The Morgan fingerprint density at radius 3 is 1.19 bits per heavy atom. The normalized spacial score (nSPS) is 13.4. The van der Waals surface area contributed by atoms with E-state index in [0.717, 1.165) is 11.1 Å². The van der Waals surface area contributed by atoms with Gasteiger partial charge in [0.05, 0.1) is 0 Å². The van der Waals surface area contributed by atoms with E-state index in [2.05, 4.69) is 0 Å². The summed E-state index contributed by atoms with van der Waals surface area (Å²) in [5.74, 6) is -9.98. The van der Waals surface area contributed by atoms with Crippen molar-refractivity contribution >= 4 is 40.3 Å². The molecule has 0 unspecified atom stereocenters. The molecule has 0 amide bonds. The van der Waals surface area contributed by atoms with Crippen molar-refractivity contribution in [1.82, 2.24) is 0 Å². The number of nitrogens with zero attached hydrogens (tertiary/aromatic N) is 1. The molecule has 0 saturated heterocycles. The van der Waals surface area contributed by atoms with Crippen LogP contribution in [0.1, 0.15) is 22.3 Å². The van der Waals surface area contributed by atoms with Crippen LogP contribution in [0.3, 0.4) is 0 Å². The first-order valence-electron chi connectivity index (χ1n) is 15.0. The smallest absolute Gasteiger partial charge is 0.335 e. The highest BCUT2D eigenvalue weighted by Crippen LogP contribution is 2.50. The van der Waals surface area contributed by atoms with Gasteiger partial charge in [0.25, 0.3) is 0 Å². The highest BCUT2D eigenvalue weighted by atomic mass is 19.2. The number of halogens is 5. The first-order chi connectivity index (χ1) is 23.0. The average Bonchev–Trinajstić information content (AvgIpc) is 3.14. The fourth-order valence-electron chi connectivity index (χ4n) is 6.36. The average molecular weight is 625 g/mol. The second kappa shape index (κ2) is 12.6. The van der Waals surface area contributed by atoms with E-state index in [-0.39, 0.29) is 0 Å². The van der Waals surface area contributed by atoms with E-state index in [1.165, 1.54) is 0 Å². The molecule has 6 aromatic carbocycles. The molecule has 0 radical (unpaired) electrons. The molecule has 0 bridgehead atoms. The van der Waals surface area contributed by atoms with E-state index in [1.807, 2.05) is 91.0 Å². The van der Waals surface area contributed by atoms with Gasteiger partial charge in [0.15, 0.2) is 29.1 Å². The number of rotatable bonds is 6. The summed E-state index contributed by atoms with van der Waals surface area (Å²) in [6.07, 6.45) is 0. The van der Waals surface area contributed by atoms with Crippen molar-refractivity contribution in [3.63, 3.8) is 0 Å². The molecule has 1 aliphatic rings. The van der Waals surface area contributed by atoms with Crippen molar-refractivity contribution < 1.29 is 22.0 Å². The van der Waals surface area contributed by atoms with Crippen molar-refractivity contribution in [1.29, 1.82) is 0 Å². The number of para-hydroxylation sites is 1. The van der Waals surface area contributed by atoms with Crippen LogP contribution in [0, 0.1) is 29.1 Å². The molecule has 1 heterocycles. The zero-order chi connectivity index (χ0) is 32.5. The molecular weight excluding hydrogens is 600 g/mol. The Morgan fingerprint density at radius 2 is 0.723 bits per heavy atom. The Hall–Kier alpha value is -5.69. The summed E-state index contributed by atoms with van der Waals surface area (Å²) in [6.45, 7) is -1.50. The van der Waals surface area contributed by atoms with Gasteiger partial charge < -0.3 is 4.81 Å². The van der Waals surface area contributed by atoms with Gasteiger partial charge in [-0.15, -0.1) is 0 Å². The SMILES string of the molecule is Fc1c(F)c(F)c(B2C(c3ccccc3)=C(c3ccccc3)C(c3ccccc3)=C(c3ccccc3)N2c2ccccc2)c(F)c1F. The van der Waals surface area contributed by atoms with Crippen LogP contribution in [0.2, 0.25) is 0 Å². The Balaban J connectivity index is 1.76. The topological polar surface area (TPSA) is 3.24 Å². The molecule has 0 aromatic heterocycles. The lowest BCUT2D eigenvalue weighted by Crippen LogP contribution is -2.54. The molecular formula is C40H25BF5N. The maximum absolute atomic E-state index is 16.3. The molecule has 0 N–H and O–H groups in total. The molecule has 6 aromatic rings. The summed E-state index contributed by atoms with van der Waals surface area (Å²) >= 11 is 0. The highest BCUT2D eigenvalue weighted by Gasteiger charge is 2.46. The lowest BCUT2D eigenvalue weighted by Gasteiger charge is -2.43. The lowest BCUT2D eigenvalue weighted by molar-refractivity contribution is 0.384. The number of hydrogen-bond donors (Lipinski definition) is 0. The van der Waals surface area contributed by atoms with E-state index < -0.39 is 41.4 Å². The third kappa shape index (κ3) is 5.24. The monoisotopic (exact) mass is 625 g/mol. The molecule has 0 saturated carbocycles. The number of hydrogen-bond acceptors (Lipinski definition) is 1. The fourth-order valence-corrected chi connectivity index (χ4v) is 6.36. The van der Waals surface area contributed by atoms with Crippen LogP contribution in [-0.4, -0.2) is 6.85 Å². The maximum atomic E-state index is 16.3. The van der Waals surface area contributed by atoms with Gasteiger partial charge >= 0.3 is 6.85 Å². The molecule has 228 valence electrons. The lowest BCUT2D eigenvalue weighted by atomic mass is 9.43. The first kappa shape index (κ1) is 30.0. The predicted molar refractivity (Wildman–Crippen MR) is 180 cm³/mol. The van der Waals surface area contributed by atoms with Gasteiger partial charge in [-0.25, -0.2) is 22.0 Å². The quantitative estimate of drug-likeness (QED) is 0.0771. The van der Waals surface area contributed by atoms with E-state index in [4.69, 9.17) is 0 Å². The van der Waals surface area contributed by atoms with Gasteiger partial charge in [-0.1, -0.05) is 140 Å². The van der Waals surface area contributed by atoms with E-state index in [0.29, 0.717) is 39.1 Å². The standard InChI is InChI=1S/C40H25BF5N/c42-35-34(36(43)38(45)39(46)37(35)44)41-33(28-20-10-3-11-21-28)31(26-16-6-1-7-17-26)32(27-18-8-2-9-19-27)40(29-22-12-4-13-23-29)47(41)30-24-14-5-15-25-30/h1-25H. The second-order valence-corrected chi connectivity index (χ2v) is 11.1. The second-order valence-electron chi connectivity index (χ2n) is 11.1. The third-order valence-corrected chi connectivity index (χ3v) is 8.34. The Labute approximate surface area is 269 Å². The molecule has 0 aliphatic carbocycles. The van der Waals surface area contributed by atoms with Gasteiger partial charge in [0.2, 0.25) is 0 Å². The van der Waals surface area contributed by atoms with Crippen LogP contribution in [0.4, 0.5) is 27.6 Å². The maximum Gasteiger partial charge on any atom is 0.335 e. The van der Waals surface area contributed by atoms with E-state index in [9.17, 15) is 4.39 Å².